The third kappa shape index (κ3) is 9.91. The molecule has 3 N–H and O–H groups in total. The van der Waals surface area contributed by atoms with Gasteiger partial charge in [-0.2, -0.15) is 0 Å². The van der Waals surface area contributed by atoms with Crippen molar-refractivity contribution in [3.05, 3.63) is 91.5 Å². The molecule has 6 rings (SSSR count). The lowest BCUT2D eigenvalue weighted by Crippen LogP contribution is -2.60. The highest BCUT2D eigenvalue weighted by molar-refractivity contribution is 7.90. The van der Waals surface area contributed by atoms with Crippen LogP contribution in [0, 0.1) is 11.3 Å². The van der Waals surface area contributed by atoms with Gasteiger partial charge in [0.05, 0.1) is 36.9 Å². The zero-order valence-electron chi connectivity index (χ0n) is 35.6. The van der Waals surface area contributed by atoms with Crippen LogP contribution in [0.4, 0.5) is 4.79 Å². The summed E-state index contributed by atoms with van der Waals surface area (Å²) in [6.45, 7) is 14.1. The van der Waals surface area contributed by atoms with Gasteiger partial charge < -0.3 is 34.5 Å². The van der Waals surface area contributed by atoms with E-state index in [1.165, 1.54) is 42.4 Å². The maximum atomic E-state index is 14.8. The summed E-state index contributed by atoms with van der Waals surface area (Å²) in [5.74, 6) is -1.44. The number of hydrogen-bond acceptors (Lipinski definition) is 11. The van der Waals surface area contributed by atoms with E-state index in [1.807, 2.05) is 36.4 Å². The largest absolute Gasteiger partial charge is 0.497 e. The highest BCUT2D eigenvalue weighted by Crippen LogP contribution is 2.45. The molecular formula is C45H53N5O10S. The number of amides is 4. The molecule has 1 saturated carbocycles. The van der Waals surface area contributed by atoms with Gasteiger partial charge in [0, 0.05) is 35.4 Å². The van der Waals surface area contributed by atoms with Crippen LogP contribution in [0.25, 0.3) is 22.2 Å². The Bertz CT molecular complexity index is 2430. The van der Waals surface area contributed by atoms with E-state index in [-0.39, 0.29) is 24.3 Å². The standard InChI is InChI=1S/C45H53N5O10S/c1-10-28-25-45(28,41(53)49-61(55,56)32-19-16-29(57-8)17-20-32)48-39(51)36-23-31(26-50(36)40(52)38(43(2,3)4)47-42(54)60-44(5,6)7)59-37-24-34(27-14-12-11-13-15-27)46-35-22-30(58-9)18-21-33(35)37/h10-22,24,28,31,36,38H,1,23,25-26H2,2-9H3,(H,47,54)(H,48,51)(H,49,53)/t28?,31-,36+,38-,45-/m1/s1. The lowest BCUT2D eigenvalue weighted by atomic mass is 9.85. The Labute approximate surface area is 356 Å². The number of nitrogens with one attached hydrogen (secondary N) is 3. The topological polar surface area (TPSA) is 192 Å². The van der Waals surface area contributed by atoms with Crippen molar-refractivity contribution in [2.45, 2.75) is 88.6 Å². The lowest BCUT2D eigenvalue weighted by Gasteiger charge is -2.36. The molecule has 1 aromatic heterocycles. The van der Waals surface area contributed by atoms with Crippen molar-refractivity contribution in [2.75, 3.05) is 20.8 Å². The number of nitrogens with zero attached hydrogens (tertiary/aromatic N) is 2. The summed E-state index contributed by atoms with van der Waals surface area (Å²) in [6.07, 6.45) is -0.0827. The first kappa shape index (κ1) is 44.4. The second-order valence-corrected chi connectivity index (χ2v) is 19.0. The Morgan fingerprint density at radius 1 is 0.918 bits per heavy atom. The molecule has 1 saturated heterocycles. The van der Waals surface area contributed by atoms with Gasteiger partial charge in [-0.05, 0) is 69.0 Å². The van der Waals surface area contributed by atoms with E-state index in [0.29, 0.717) is 33.8 Å². The molecule has 4 amide bonds. The molecule has 2 heterocycles. The van der Waals surface area contributed by atoms with Crippen molar-refractivity contribution in [3.8, 4) is 28.5 Å². The number of aromatic nitrogens is 1. The van der Waals surface area contributed by atoms with Crippen LogP contribution in [0.3, 0.4) is 0 Å². The van der Waals surface area contributed by atoms with E-state index in [4.69, 9.17) is 23.9 Å². The quantitative estimate of drug-likeness (QED) is 0.138. The smallest absolute Gasteiger partial charge is 0.408 e. The van der Waals surface area contributed by atoms with Gasteiger partial charge in [0.25, 0.3) is 15.9 Å². The average molecular weight is 856 g/mol. The lowest BCUT2D eigenvalue weighted by molar-refractivity contribution is -0.143. The first-order valence-electron chi connectivity index (χ1n) is 19.8. The molecule has 1 aliphatic heterocycles. The van der Waals surface area contributed by atoms with E-state index < -0.39 is 74.5 Å². The minimum absolute atomic E-state index is 0.0257. The van der Waals surface area contributed by atoms with Gasteiger partial charge in [-0.25, -0.2) is 22.9 Å². The Balaban J connectivity index is 1.34. The molecule has 0 spiro atoms. The third-order valence-electron chi connectivity index (χ3n) is 10.6. The number of methoxy groups -OCH3 is 2. The number of rotatable bonds is 13. The summed E-state index contributed by atoms with van der Waals surface area (Å²) in [6, 6.07) is 19.8. The number of hydrogen-bond donors (Lipinski definition) is 3. The molecule has 3 aromatic carbocycles. The van der Waals surface area contributed by atoms with Gasteiger partial charge in [0.2, 0.25) is 11.8 Å². The molecule has 0 bridgehead atoms. The highest BCUT2D eigenvalue weighted by atomic mass is 32.2. The molecule has 16 heteroatoms. The molecule has 5 atom stereocenters. The van der Waals surface area contributed by atoms with Crippen LogP contribution in [0.2, 0.25) is 0 Å². The second kappa shape index (κ2) is 17.1. The Morgan fingerprint density at radius 3 is 2.16 bits per heavy atom. The van der Waals surface area contributed by atoms with Crippen molar-refractivity contribution < 1.29 is 46.5 Å². The van der Waals surface area contributed by atoms with E-state index in [0.717, 1.165) is 5.56 Å². The fraction of sp³-hybridized carbons (Fsp3) is 0.400. The number of alkyl carbamates (subject to hydrolysis) is 1. The molecule has 1 aliphatic carbocycles. The fourth-order valence-corrected chi connectivity index (χ4v) is 8.35. The number of sulfonamides is 1. The SMILES string of the molecule is C=CC1C[C@]1(NC(=O)[C@@H]1C[C@@H](Oc2cc(-c3ccccc3)nc3cc(OC)ccc23)CN1C(=O)[C@@H](NC(=O)OC(C)(C)C)C(C)(C)C)C(=O)NS(=O)(=O)c1ccc(OC)cc1. The van der Waals surface area contributed by atoms with Crippen LogP contribution >= 0.6 is 0 Å². The number of benzene rings is 3. The van der Waals surface area contributed by atoms with Crippen molar-refractivity contribution >= 4 is 44.7 Å². The van der Waals surface area contributed by atoms with Crippen molar-refractivity contribution in [3.63, 3.8) is 0 Å². The minimum atomic E-state index is -4.37. The van der Waals surface area contributed by atoms with Gasteiger partial charge in [-0.1, -0.05) is 57.2 Å². The summed E-state index contributed by atoms with van der Waals surface area (Å²) in [7, 11) is -1.37. The number of carbonyl (C=O) groups is 4. The molecule has 0 radical (unpaired) electrons. The van der Waals surface area contributed by atoms with Crippen LogP contribution in [-0.2, 0) is 29.1 Å². The summed E-state index contributed by atoms with van der Waals surface area (Å²) in [4.78, 5) is 62.5. The van der Waals surface area contributed by atoms with Gasteiger partial charge in [-0.15, -0.1) is 6.58 Å². The molecule has 4 aromatic rings. The molecular weight excluding hydrogens is 803 g/mol. The molecule has 324 valence electrons. The first-order valence-corrected chi connectivity index (χ1v) is 21.3. The van der Waals surface area contributed by atoms with Gasteiger partial charge in [-0.3, -0.25) is 14.4 Å². The molecule has 15 nitrogen and oxygen atoms in total. The summed E-state index contributed by atoms with van der Waals surface area (Å²) in [5.41, 5.74) is -1.37. The summed E-state index contributed by atoms with van der Waals surface area (Å²) in [5, 5.41) is 6.18. The highest BCUT2D eigenvalue weighted by Gasteiger charge is 2.61. The van der Waals surface area contributed by atoms with Gasteiger partial charge in [0.1, 0.15) is 46.6 Å². The average Bonchev–Trinajstić information content (AvgIpc) is 3.77. The molecule has 61 heavy (non-hydrogen) atoms. The number of pyridine rings is 1. The Hall–Kier alpha value is -6.16. The molecule has 2 aliphatic rings. The minimum Gasteiger partial charge on any atom is -0.497 e. The zero-order chi connectivity index (χ0) is 44.5. The Morgan fingerprint density at radius 2 is 1.57 bits per heavy atom. The third-order valence-corrected chi connectivity index (χ3v) is 12.0. The molecule has 1 unspecified atom stereocenters. The summed E-state index contributed by atoms with van der Waals surface area (Å²) >= 11 is 0. The van der Waals surface area contributed by atoms with Crippen LogP contribution in [0.5, 0.6) is 17.2 Å². The fourth-order valence-electron chi connectivity index (χ4n) is 7.32. The number of carbonyl (C=O) groups excluding carboxylic acids is 4. The number of likely N-dealkylation sites (tertiary alicyclic amines) is 1. The zero-order valence-corrected chi connectivity index (χ0v) is 36.4. The maximum Gasteiger partial charge on any atom is 0.408 e. The monoisotopic (exact) mass is 855 g/mol. The van der Waals surface area contributed by atoms with Gasteiger partial charge in [0.15, 0.2) is 0 Å². The van der Waals surface area contributed by atoms with E-state index in [2.05, 4.69) is 21.9 Å². The van der Waals surface area contributed by atoms with E-state index in [9.17, 15) is 27.6 Å². The van der Waals surface area contributed by atoms with Gasteiger partial charge >= 0.3 is 6.09 Å². The van der Waals surface area contributed by atoms with Crippen molar-refractivity contribution in [1.29, 1.82) is 0 Å². The normalized spacial score (nSPS) is 20.5. The van der Waals surface area contributed by atoms with Crippen LogP contribution in [-0.4, -0.2) is 92.2 Å². The van der Waals surface area contributed by atoms with Crippen molar-refractivity contribution in [1.82, 2.24) is 25.2 Å². The van der Waals surface area contributed by atoms with Crippen LogP contribution in [0.1, 0.15) is 54.4 Å². The molecule has 2 fully saturated rings. The van der Waals surface area contributed by atoms with E-state index >= 15 is 0 Å². The maximum absolute atomic E-state index is 14.8. The number of ether oxygens (including phenoxy) is 4. The predicted molar refractivity (Wildman–Crippen MR) is 228 cm³/mol. The predicted octanol–water partition coefficient (Wildman–Crippen LogP) is 5.77. The Kier molecular flexibility index (Phi) is 12.4. The van der Waals surface area contributed by atoms with Crippen molar-refractivity contribution in [2.24, 2.45) is 11.3 Å². The van der Waals surface area contributed by atoms with Crippen LogP contribution in [0.15, 0.2) is 96.4 Å². The van der Waals surface area contributed by atoms with Crippen LogP contribution < -0.4 is 29.6 Å². The second-order valence-electron chi connectivity index (χ2n) is 17.3. The number of fused-ring (bicyclic) bond motifs is 1. The van der Waals surface area contributed by atoms with E-state index in [1.54, 1.807) is 66.9 Å². The summed E-state index contributed by atoms with van der Waals surface area (Å²) < 4.78 is 51.7. The first-order chi connectivity index (χ1) is 28.7.